The summed E-state index contributed by atoms with van der Waals surface area (Å²) in [5, 5.41) is 11.4. The van der Waals surface area contributed by atoms with Gasteiger partial charge in [0.25, 0.3) is 0 Å². The highest BCUT2D eigenvalue weighted by atomic mass is 32.2. The third kappa shape index (κ3) is 6.11. The molecule has 3 rings (SSSR count). The van der Waals surface area contributed by atoms with E-state index in [1.54, 1.807) is 29.2 Å². The van der Waals surface area contributed by atoms with Gasteiger partial charge in [-0.1, -0.05) is 56.3 Å². The summed E-state index contributed by atoms with van der Waals surface area (Å²) in [6, 6.07) is 19.4. The van der Waals surface area contributed by atoms with Gasteiger partial charge in [-0.2, -0.15) is 5.26 Å². The molecule has 8 heteroatoms. The van der Waals surface area contributed by atoms with Gasteiger partial charge >= 0.3 is 0 Å². The molecular formula is C26H29N3O3S2. The lowest BCUT2D eigenvalue weighted by Crippen LogP contribution is -2.46. The first-order valence-electron chi connectivity index (χ1n) is 11.0. The molecule has 0 aliphatic heterocycles. The Morgan fingerprint density at radius 1 is 1.06 bits per heavy atom. The van der Waals surface area contributed by atoms with Crippen molar-refractivity contribution in [2.45, 2.75) is 37.2 Å². The molecule has 0 bridgehead atoms. The summed E-state index contributed by atoms with van der Waals surface area (Å²) in [4.78, 5) is 16.1. The fourth-order valence-corrected chi connectivity index (χ4v) is 5.39. The van der Waals surface area contributed by atoms with Crippen LogP contribution < -0.4 is 5.73 Å². The zero-order valence-corrected chi connectivity index (χ0v) is 21.1. The summed E-state index contributed by atoms with van der Waals surface area (Å²) in [6.45, 7) is 3.96. The molecule has 3 aromatic rings. The normalized spacial score (nSPS) is 13.3. The minimum absolute atomic E-state index is 0.0676. The van der Waals surface area contributed by atoms with Gasteiger partial charge in [0.15, 0.2) is 9.84 Å². The number of hydrogen-bond acceptors (Lipinski definition) is 6. The summed E-state index contributed by atoms with van der Waals surface area (Å²) in [6.07, 6.45) is 1.73. The Kier molecular flexibility index (Phi) is 8.26. The third-order valence-corrected chi connectivity index (χ3v) is 7.59. The van der Waals surface area contributed by atoms with Gasteiger partial charge in [0, 0.05) is 11.1 Å². The highest BCUT2D eigenvalue weighted by Gasteiger charge is 2.31. The van der Waals surface area contributed by atoms with E-state index in [9.17, 15) is 18.5 Å². The average Bonchev–Trinajstić information content (AvgIpc) is 3.32. The summed E-state index contributed by atoms with van der Waals surface area (Å²) < 4.78 is 23.5. The molecule has 2 N–H and O–H groups in total. The molecule has 0 spiro atoms. The molecule has 0 saturated heterocycles. The lowest BCUT2D eigenvalue weighted by atomic mass is 9.97. The minimum Gasteiger partial charge on any atom is -0.320 e. The second-order valence-corrected chi connectivity index (χ2v) is 11.7. The highest BCUT2D eigenvalue weighted by molar-refractivity contribution is 7.90. The molecule has 0 saturated carbocycles. The number of amides is 1. The van der Waals surface area contributed by atoms with Crippen molar-refractivity contribution in [3.8, 4) is 17.2 Å². The van der Waals surface area contributed by atoms with Crippen molar-refractivity contribution >= 4 is 27.1 Å². The third-order valence-electron chi connectivity index (χ3n) is 5.53. The Balaban J connectivity index is 1.96. The standard InChI is InChI=1S/C26H29N3O3S2/c1-18(2)17-23(28)26(30)29(15-14-27)25(24-5-4-16-33-24)21-8-6-19(7-9-21)20-10-12-22(13-11-20)34(3,31)32/h4-13,16,18,23,25H,15,17,28H2,1-3H3/t23-,25-/m0/s1. The summed E-state index contributed by atoms with van der Waals surface area (Å²) >= 11 is 1.53. The van der Waals surface area contributed by atoms with E-state index in [2.05, 4.69) is 6.07 Å². The molecule has 0 radical (unpaired) electrons. The van der Waals surface area contributed by atoms with E-state index in [1.165, 1.54) is 17.6 Å². The van der Waals surface area contributed by atoms with Crippen LogP contribution in [0, 0.1) is 17.2 Å². The van der Waals surface area contributed by atoms with Crippen LogP contribution in [0.25, 0.3) is 11.1 Å². The van der Waals surface area contributed by atoms with Crippen LogP contribution in [-0.2, 0) is 14.6 Å². The Morgan fingerprint density at radius 3 is 2.12 bits per heavy atom. The smallest absolute Gasteiger partial charge is 0.241 e. The van der Waals surface area contributed by atoms with Gasteiger partial charge in [-0.15, -0.1) is 11.3 Å². The molecule has 1 amide bonds. The lowest BCUT2D eigenvalue weighted by molar-refractivity contribution is -0.134. The Morgan fingerprint density at radius 2 is 1.65 bits per heavy atom. The molecule has 6 nitrogen and oxygen atoms in total. The Hall–Kier alpha value is -2.99. The van der Waals surface area contributed by atoms with Crippen molar-refractivity contribution < 1.29 is 13.2 Å². The molecule has 0 aliphatic rings. The molecule has 2 aromatic carbocycles. The van der Waals surface area contributed by atoms with Crippen LogP contribution in [0.15, 0.2) is 70.9 Å². The fourth-order valence-electron chi connectivity index (χ4n) is 3.89. The molecule has 0 fully saturated rings. The van der Waals surface area contributed by atoms with Crippen LogP contribution in [0.1, 0.15) is 36.8 Å². The number of rotatable bonds is 9. The average molecular weight is 496 g/mol. The minimum atomic E-state index is -3.26. The summed E-state index contributed by atoms with van der Waals surface area (Å²) in [5.41, 5.74) is 8.90. The second kappa shape index (κ2) is 11.0. The monoisotopic (exact) mass is 495 g/mol. The maximum absolute atomic E-state index is 13.3. The molecule has 178 valence electrons. The van der Waals surface area contributed by atoms with Gasteiger partial charge < -0.3 is 10.6 Å². The number of nitrogens with two attached hydrogens (primary N) is 1. The van der Waals surface area contributed by atoms with E-state index >= 15 is 0 Å². The van der Waals surface area contributed by atoms with E-state index in [0.717, 1.165) is 21.6 Å². The predicted molar refractivity (Wildman–Crippen MR) is 136 cm³/mol. The van der Waals surface area contributed by atoms with Crippen LogP contribution >= 0.6 is 11.3 Å². The van der Waals surface area contributed by atoms with Crippen molar-refractivity contribution in [3.63, 3.8) is 0 Å². The van der Waals surface area contributed by atoms with Crippen molar-refractivity contribution in [3.05, 3.63) is 76.5 Å². The van der Waals surface area contributed by atoms with Crippen LogP contribution in [0.4, 0.5) is 0 Å². The molecular weight excluding hydrogens is 466 g/mol. The van der Waals surface area contributed by atoms with Crippen LogP contribution in [-0.4, -0.2) is 38.1 Å². The van der Waals surface area contributed by atoms with E-state index in [0.29, 0.717) is 6.42 Å². The van der Waals surface area contributed by atoms with Gasteiger partial charge in [0.1, 0.15) is 6.54 Å². The lowest BCUT2D eigenvalue weighted by Gasteiger charge is -2.32. The molecule has 2 atom stereocenters. The number of hydrogen-bond donors (Lipinski definition) is 1. The van der Waals surface area contributed by atoms with Crippen LogP contribution in [0.2, 0.25) is 0 Å². The topological polar surface area (TPSA) is 104 Å². The number of thiophene rings is 1. The number of carbonyl (C=O) groups is 1. The predicted octanol–water partition coefficient (Wildman–Crippen LogP) is 4.63. The number of benzene rings is 2. The first-order chi connectivity index (χ1) is 16.1. The first kappa shape index (κ1) is 25.6. The van der Waals surface area contributed by atoms with Gasteiger partial charge in [-0.25, -0.2) is 8.42 Å². The number of nitrogens with zero attached hydrogens (tertiary/aromatic N) is 2. The first-order valence-corrected chi connectivity index (χ1v) is 13.8. The zero-order valence-electron chi connectivity index (χ0n) is 19.5. The maximum Gasteiger partial charge on any atom is 0.241 e. The molecule has 34 heavy (non-hydrogen) atoms. The maximum atomic E-state index is 13.3. The van der Waals surface area contributed by atoms with E-state index < -0.39 is 21.9 Å². The molecule has 1 aromatic heterocycles. The SMILES string of the molecule is CC(C)C[C@H](N)C(=O)N(CC#N)[C@@H](c1ccc(-c2ccc(S(C)(=O)=O)cc2)cc1)c1cccs1. The van der Waals surface area contributed by atoms with E-state index in [1.807, 2.05) is 55.6 Å². The van der Waals surface area contributed by atoms with Gasteiger partial charge in [0.2, 0.25) is 5.91 Å². The molecule has 0 aliphatic carbocycles. The fraction of sp³-hybridized carbons (Fsp3) is 0.308. The van der Waals surface area contributed by atoms with Crippen molar-refractivity contribution in [2.75, 3.05) is 12.8 Å². The van der Waals surface area contributed by atoms with Crippen molar-refractivity contribution in [1.82, 2.24) is 4.90 Å². The zero-order chi connectivity index (χ0) is 24.9. The Bertz CT molecular complexity index is 1240. The number of sulfone groups is 1. The van der Waals surface area contributed by atoms with E-state index in [-0.39, 0.29) is 23.3 Å². The summed E-state index contributed by atoms with van der Waals surface area (Å²) in [7, 11) is -3.26. The molecule has 1 heterocycles. The quantitative estimate of drug-likeness (QED) is 0.436. The Labute approximate surface area is 205 Å². The van der Waals surface area contributed by atoms with Crippen LogP contribution in [0.3, 0.4) is 0 Å². The van der Waals surface area contributed by atoms with E-state index in [4.69, 9.17) is 5.73 Å². The van der Waals surface area contributed by atoms with Crippen molar-refractivity contribution in [2.24, 2.45) is 11.7 Å². The largest absolute Gasteiger partial charge is 0.320 e. The summed E-state index contributed by atoms with van der Waals surface area (Å²) in [5.74, 6) is 0.0190. The number of nitriles is 1. The number of carbonyl (C=O) groups excluding carboxylic acids is 1. The molecule has 0 unspecified atom stereocenters. The highest BCUT2D eigenvalue weighted by Crippen LogP contribution is 2.34. The van der Waals surface area contributed by atoms with Crippen molar-refractivity contribution in [1.29, 1.82) is 5.26 Å². The van der Waals surface area contributed by atoms with Gasteiger partial charge in [-0.05, 0) is 52.6 Å². The van der Waals surface area contributed by atoms with Gasteiger partial charge in [-0.3, -0.25) is 4.79 Å². The second-order valence-electron chi connectivity index (χ2n) is 8.70. The van der Waals surface area contributed by atoms with Crippen LogP contribution in [0.5, 0.6) is 0 Å². The van der Waals surface area contributed by atoms with Gasteiger partial charge in [0.05, 0.1) is 23.0 Å².